The van der Waals surface area contributed by atoms with E-state index in [9.17, 15) is 4.79 Å². The van der Waals surface area contributed by atoms with E-state index in [1.54, 1.807) is 0 Å². The number of fused-ring (bicyclic) bond motifs is 3. The van der Waals surface area contributed by atoms with E-state index < -0.39 is 0 Å². The second kappa shape index (κ2) is 2.96. The number of H-pyrrole nitrogens is 1. The van der Waals surface area contributed by atoms with E-state index >= 15 is 0 Å². The van der Waals surface area contributed by atoms with Gasteiger partial charge in [0, 0.05) is 16.6 Å². The molecule has 0 unspecified atom stereocenters. The van der Waals surface area contributed by atoms with Crippen LogP contribution in [0.4, 0.5) is 0 Å². The predicted molar refractivity (Wildman–Crippen MR) is 60.3 cm³/mol. The van der Waals surface area contributed by atoms with Crippen molar-refractivity contribution in [1.29, 1.82) is 0 Å². The predicted octanol–water partition coefficient (Wildman–Crippen LogP) is 2.72. The van der Waals surface area contributed by atoms with Crippen LogP contribution in [0.5, 0.6) is 0 Å². The van der Waals surface area contributed by atoms with Gasteiger partial charge in [-0.05, 0) is 30.4 Å². The number of para-hydroxylation sites is 1. The molecule has 0 fully saturated rings. The van der Waals surface area contributed by atoms with Gasteiger partial charge in [-0.2, -0.15) is 0 Å². The van der Waals surface area contributed by atoms with Gasteiger partial charge in [0.25, 0.3) is 0 Å². The van der Waals surface area contributed by atoms with Gasteiger partial charge < -0.3 is 4.98 Å². The number of carbonyl (C=O) groups is 1. The summed E-state index contributed by atoms with van der Waals surface area (Å²) in [4.78, 5) is 14.3. The quantitative estimate of drug-likeness (QED) is 0.704. The molecule has 0 bridgehead atoms. The first-order chi connectivity index (χ1) is 7.29. The molecule has 1 N–H and O–H groups in total. The van der Waals surface area contributed by atoms with Crippen molar-refractivity contribution in [3.05, 3.63) is 35.0 Å². The lowest BCUT2D eigenvalue weighted by atomic mass is 10.1. The highest BCUT2D eigenvalue weighted by Crippen LogP contribution is 2.33. The van der Waals surface area contributed by atoms with Crippen molar-refractivity contribution in [2.75, 3.05) is 0 Å². The molecule has 76 valence electrons. The first-order valence-electron chi connectivity index (χ1n) is 5.37. The Hall–Kier alpha value is -1.57. The Morgan fingerprint density at radius 3 is 3.07 bits per heavy atom. The molecule has 1 aromatic heterocycles. The Morgan fingerprint density at radius 2 is 2.27 bits per heavy atom. The van der Waals surface area contributed by atoms with Crippen LogP contribution in [0.1, 0.15) is 28.5 Å². The smallest absolute Gasteiger partial charge is 0.152 e. The standard InChI is InChI=1S/C13H13NO/c1-8-5-11-10-4-2-3-9(7-15)13(10)14-12(11)6-8/h2-4,7-8,14H,5-6H2,1H3/t8-/m0/s1. The molecule has 0 spiro atoms. The number of carbonyl (C=O) groups excluding carboxylic acids is 1. The average molecular weight is 199 g/mol. The van der Waals surface area contributed by atoms with Crippen LogP contribution in [0.25, 0.3) is 10.9 Å². The SMILES string of the molecule is C[C@@H]1Cc2[nH]c3c(C=O)cccc3c2C1. The normalized spacial score (nSPS) is 19.4. The fourth-order valence-electron chi connectivity index (χ4n) is 2.62. The van der Waals surface area contributed by atoms with Crippen LogP contribution in [-0.2, 0) is 12.8 Å². The summed E-state index contributed by atoms with van der Waals surface area (Å²) in [5.74, 6) is 0.732. The van der Waals surface area contributed by atoms with Crippen molar-refractivity contribution in [1.82, 2.24) is 4.98 Å². The highest BCUT2D eigenvalue weighted by molar-refractivity contribution is 5.98. The van der Waals surface area contributed by atoms with Crippen molar-refractivity contribution < 1.29 is 4.79 Å². The third-order valence-electron chi connectivity index (χ3n) is 3.29. The van der Waals surface area contributed by atoms with Gasteiger partial charge >= 0.3 is 0 Å². The minimum Gasteiger partial charge on any atom is -0.358 e. The molecule has 0 aliphatic heterocycles. The molecule has 1 aliphatic rings. The zero-order valence-electron chi connectivity index (χ0n) is 8.71. The number of nitrogens with one attached hydrogen (secondary N) is 1. The molecule has 0 saturated carbocycles. The van der Waals surface area contributed by atoms with Crippen molar-refractivity contribution in [3.63, 3.8) is 0 Å². The first-order valence-corrected chi connectivity index (χ1v) is 5.37. The molecule has 2 nitrogen and oxygen atoms in total. The molecule has 15 heavy (non-hydrogen) atoms. The Morgan fingerprint density at radius 1 is 1.40 bits per heavy atom. The molecular weight excluding hydrogens is 186 g/mol. The van der Waals surface area contributed by atoms with Gasteiger partial charge in [-0.15, -0.1) is 0 Å². The highest BCUT2D eigenvalue weighted by Gasteiger charge is 2.22. The summed E-state index contributed by atoms with van der Waals surface area (Å²) in [6.07, 6.45) is 3.18. The van der Waals surface area contributed by atoms with E-state index in [2.05, 4.69) is 18.0 Å². The van der Waals surface area contributed by atoms with Crippen LogP contribution >= 0.6 is 0 Å². The summed E-state index contributed by atoms with van der Waals surface area (Å²) in [5, 5.41) is 1.24. The topological polar surface area (TPSA) is 32.9 Å². The summed E-state index contributed by atoms with van der Waals surface area (Å²) < 4.78 is 0. The maximum atomic E-state index is 10.9. The molecule has 2 aromatic rings. The average Bonchev–Trinajstić information content (AvgIpc) is 2.73. The molecule has 0 radical (unpaired) electrons. The van der Waals surface area contributed by atoms with Gasteiger partial charge in [0.2, 0.25) is 0 Å². The second-order valence-corrected chi connectivity index (χ2v) is 4.48. The van der Waals surface area contributed by atoms with Crippen molar-refractivity contribution in [2.24, 2.45) is 5.92 Å². The van der Waals surface area contributed by atoms with Crippen LogP contribution in [0, 0.1) is 5.92 Å². The fraction of sp³-hybridized carbons (Fsp3) is 0.308. The minimum absolute atomic E-state index is 0.732. The summed E-state index contributed by atoms with van der Waals surface area (Å²) in [7, 11) is 0. The van der Waals surface area contributed by atoms with E-state index in [-0.39, 0.29) is 0 Å². The number of aromatic amines is 1. The van der Waals surface area contributed by atoms with E-state index in [0.717, 1.165) is 36.1 Å². The molecule has 2 heteroatoms. The third-order valence-corrected chi connectivity index (χ3v) is 3.29. The molecule has 0 amide bonds. The molecule has 1 heterocycles. The lowest BCUT2D eigenvalue weighted by molar-refractivity contribution is 0.112. The van der Waals surface area contributed by atoms with Gasteiger partial charge in [-0.1, -0.05) is 19.1 Å². The van der Waals surface area contributed by atoms with Gasteiger partial charge in [0.05, 0.1) is 5.52 Å². The fourth-order valence-corrected chi connectivity index (χ4v) is 2.62. The number of hydrogen-bond acceptors (Lipinski definition) is 1. The third kappa shape index (κ3) is 1.14. The van der Waals surface area contributed by atoms with E-state index in [0.29, 0.717) is 0 Å². The van der Waals surface area contributed by atoms with Gasteiger partial charge in [-0.3, -0.25) is 4.79 Å². The van der Waals surface area contributed by atoms with Crippen LogP contribution < -0.4 is 0 Å². The Balaban J connectivity index is 2.32. The molecule has 1 aromatic carbocycles. The van der Waals surface area contributed by atoms with Crippen molar-refractivity contribution in [2.45, 2.75) is 19.8 Å². The molecule has 1 atom stereocenters. The van der Waals surface area contributed by atoms with E-state index in [4.69, 9.17) is 0 Å². The number of rotatable bonds is 1. The van der Waals surface area contributed by atoms with Crippen LogP contribution in [0.15, 0.2) is 18.2 Å². The van der Waals surface area contributed by atoms with Gasteiger partial charge in [0.1, 0.15) is 0 Å². The summed E-state index contributed by atoms with van der Waals surface area (Å²) in [6, 6.07) is 5.93. The van der Waals surface area contributed by atoms with Gasteiger partial charge in [0.15, 0.2) is 6.29 Å². The number of hydrogen-bond donors (Lipinski definition) is 1. The van der Waals surface area contributed by atoms with Gasteiger partial charge in [-0.25, -0.2) is 0 Å². The maximum Gasteiger partial charge on any atom is 0.152 e. The van der Waals surface area contributed by atoms with Crippen LogP contribution in [0.3, 0.4) is 0 Å². The maximum absolute atomic E-state index is 10.9. The van der Waals surface area contributed by atoms with Crippen LogP contribution in [-0.4, -0.2) is 11.3 Å². The van der Waals surface area contributed by atoms with Crippen LogP contribution in [0.2, 0.25) is 0 Å². The zero-order valence-corrected chi connectivity index (χ0v) is 8.71. The molecule has 1 aliphatic carbocycles. The Bertz CT molecular complexity index is 539. The first kappa shape index (κ1) is 8.72. The number of aromatic nitrogens is 1. The zero-order chi connectivity index (χ0) is 10.4. The highest BCUT2D eigenvalue weighted by atomic mass is 16.1. The Kier molecular flexibility index (Phi) is 1.72. The summed E-state index contributed by atoms with van der Waals surface area (Å²) in [5.41, 5.74) is 4.53. The summed E-state index contributed by atoms with van der Waals surface area (Å²) >= 11 is 0. The number of benzene rings is 1. The lowest BCUT2D eigenvalue weighted by Crippen LogP contribution is -1.93. The monoisotopic (exact) mass is 199 g/mol. The lowest BCUT2D eigenvalue weighted by Gasteiger charge is -2.00. The largest absolute Gasteiger partial charge is 0.358 e. The van der Waals surface area contributed by atoms with E-state index in [1.165, 1.54) is 16.6 Å². The number of aldehydes is 1. The Labute approximate surface area is 88.3 Å². The second-order valence-electron chi connectivity index (χ2n) is 4.48. The van der Waals surface area contributed by atoms with Crippen molar-refractivity contribution in [3.8, 4) is 0 Å². The minimum atomic E-state index is 0.732. The van der Waals surface area contributed by atoms with E-state index in [1.807, 2.05) is 12.1 Å². The molecule has 3 rings (SSSR count). The molecular formula is C13H13NO. The summed E-state index contributed by atoms with van der Waals surface area (Å²) in [6.45, 7) is 2.27. The molecule has 0 saturated heterocycles. The van der Waals surface area contributed by atoms with Crippen molar-refractivity contribution >= 4 is 17.2 Å².